The van der Waals surface area contributed by atoms with Crippen molar-refractivity contribution in [3.05, 3.63) is 71.8 Å². The Kier molecular flexibility index (Phi) is 11.5. The highest BCUT2D eigenvalue weighted by atomic mass is 16.5. The second kappa shape index (κ2) is 15.0. The van der Waals surface area contributed by atoms with E-state index in [1.54, 1.807) is 0 Å². The van der Waals surface area contributed by atoms with Gasteiger partial charge in [0.15, 0.2) is 0 Å². The molecule has 0 aliphatic carbocycles. The first kappa shape index (κ1) is 29.9. The van der Waals surface area contributed by atoms with Gasteiger partial charge in [-0.3, -0.25) is 14.4 Å². The van der Waals surface area contributed by atoms with Crippen LogP contribution in [0.15, 0.2) is 60.7 Å². The molecule has 3 unspecified atom stereocenters. The van der Waals surface area contributed by atoms with E-state index in [1.165, 1.54) is 11.9 Å². The Balaban J connectivity index is 1.92. The SMILES string of the molecule is CCC(C)C1NCCOc2ccccc2/C=C/CNC(=O)C(Cc2ccccc2)NC(=O)[C@H](CO)N(C)C1=O. The van der Waals surface area contributed by atoms with Crippen LogP contribution in [-0.2, 0) is 20.8 Å². The van der Waals surface area contributed by atoms with E-state index in [0.717, 1.165) is 17.5 Å². The zero-order chi connectivity index (χ0) is 28.2. The summed E-state index contributed by atoms with van der Waals surface area (Å²) in [6.45, 7) is 4.37. The smallest absolute Gasteiger partial charge is 0.245 e. The van der Waals surface area contributed by atoms with Crippen molar-refractivity contribution in [3.8, 4) is 5.75 Å². The van der Waals surface area contributed by atoms with Crippen LogP contribution in [-0.4, -0.2) is 79.2 Å². The Bertz CT molecular complexity index is 1120. The predicted molar refractivity (Wildman–Crippen MR) is 151 cm³/mol. The van der Waals surface area contributed by atoms with Crippen LogP contribution in [0.2, 0.25) is 0 Å². The number of carbonyl (C=O) groups is 3. The van der Waals surface area contributed by atoms with Crippen molar-refractivity contribution in [2.75, 3.05) is 33.4 Å². The standard InChI is InChI=1S/C30H40N4O5/c1-4-21(2)27-30(38)34(3)25(20-35)29(37)33-24(19-22-11-6-5-7-12-22)28(36)32-16-10-14-23-13-8-9-15-26(23)39-18-17-31-27/h5-15,21,24-25,27,31,35H,4,16-20H2,1-3H3,(H,32,36)(H,33,37)/b14-10+/t21?,24?,25-,27?/m0/s1. The summed E-state index contributed by atoms with van der Waals surface area (Å²) in [5.74, 6) is -0.610. The van der Waals surface area contributed by atoms with Gasteiger partial charge in [0.25, 0.3) is 0 Å². The van der Waals surface area contributed by atoms with Gasteiger partial charge in [0, 0.05) is 32.1 Å². The monoisotopic (exact) mass is 536 g/mol. The topological polar surface area (TPSA) is 120 Å². The van der Waals surface area contributed by atoms with E-state index in [-0.39, 0.29) is 30.7 Å². The van der Waals surface area contributed by atoms with E-state index in [1.807, 2.05) is 80.6 Å². The summed E-state index contributed by atoms with van der Waals surface area (Å²) in [6, 6.07) is 14.3. The molecule has 9 nitrogen and oxygen atoms in total. The van der Waals surface area contributed by atoms with Crippen molar-refractivity contribution >= 4 is 23.8 Å². The molecule has 2 aromatic rings. The molecule has 0 bridgehead atoms. The number of fused-ring (bicyclic) bond motifs is 1. The second-order valence-corrected chi connectivity index (χ2v) is 9.75. The molecule has 4 N–H and O–H groups in total. The van der Waals surface area contributed by atoms with Gasteiger partial charge in [-0.2, -0.15) is 0 Å². The van der Waals surface area contributed by atoms with E-state index in [2.05, 4.69) is 16.0 Å². The van der Waals surface area contributed by atoms with Crippen molar-refractivity contribution in [1.29, 1.82) is 0 Å². The molecule has 0 spiro atoms. The van der Waals surface area contributed by atoms with Crippen LogP contribution in [0, 0.1) is 5.92 Å². The molecule has 4 atom stereocenters. The van der Waals surface area contributed by atoms with Gasteiger partial charge in [-0.25, -0.2) is 0 Å². The average molecular weight is 537 g/mol. The third kappa shape index (κ3) is 8.40. The number of ether oxygens (including phenoxy) is 1. The highest BCUT2D eigenvalue weighted by Gasteiger charge is 2.34. The number of rotatable bonds is 5. The van der Waals surface area contributed by atoms with Crippen LogP contribution in [0.4, 0.5) is 0 Å². The first-order valence-electron chi connectivity index (χ1n) is 13.5. The van der Waals surface area contributed by atoms with Gasteiger partial charge in [0.1, 0.15) is 24.4 Å². The number of aliphatic hydroxyl groups is 1. The number of para-hydroxylation sites is 1. The zero-order valence-electron chi connectivity index (χ0n) is 22.9. The molecular formula is C30H40N4O5. The van der Waals surface area contributed by atoms with E-state index >= 15 is 0 Å². The lowest BCUT2D eigenvalue weighted by atomic mass is 9.97. The summed E-state index contributed by atoms with van der Waals surface area (Å²) < 4.78 is 5.99. The summed E-state index contributed by atoms with van der Waals surface area (Å²) in [4.78, 5) is 41.3. The lowest BCUT2D eigenvalue weighted by molar-refractivity contribution is -0.143. The number of likely N-dealkylation sites (N-methyl/N-ethyl adjacent to an activating group) is 1. The van der Waals surface area contributed by atoms with Crippen molar-refractivity contribution in [3.63, 3.8) is 0 Å². The number of carbonyl (C=O) groups excluding carboxylic acids is 3. The molecule has 0 fully saturated rings. The molecule has 0 radical (unpaired) electrons. The molecule has 2 aromatic carbocycles. The normalized spacial score (nSPS) is 23.3. The minimum atomic E-state index is -1.15. The van der Waals surface area contributed by atoms with Crippen molar-refractivity contribution < 1.29 is 24.2 Å². The highest BCUT2D eigenvalue weighted by molar-refractivity contribution is 5.93. The Labute approximate surface area is 230 Å². The summed E-state index contributed by atoms with van der Waals surface area (Å²) in [6.07, 6.45) is 4.69. The van der Waals surface area contributed by atoms with Gasteiger partial charge in [-0.1, -0.05) is 81.0 Å². The number of aliphatic hydroxyl groups excluding tert-OH is 1. The first-order valence-corrected chi connectivity index (χ1v) is 13.5. The summed E-state index contributed by atoms with van der Waals surface area (Å²) in [5.41, 5.74) is 1.73. The van der Waals surface area contributed by atoms with E-state index in [0.29, 0.717) is 18.9 Å². The molecular weight excluding hydrogens is 496 g/mol. The summed E-state index contributed by atoms with van der Waals surface area (Å²) in [7, 11) is 1.50. The summed E-state index contributed by atoms with van der Waals surface area (Å²) >= 11 is 0. The third-order valence-corrected chi connectivity index (χ3v) is 7.02. The molecule has 1 aliphatic heterocycles. The maximum Gasteiger partial charge on any atom is 0.245 e. The second-order valence-electron chi connectivity index (χ2n) is 9.75. The molecule has 39 heavy (non-hydrogen) atoms. The minimum Gasteiger partial charge on any atom is -0.492 e. The average Bonchev–Trinajstić information content (AvgIpc) is 2.95. The van der Waals surface area contributed by atoms with Crippen molar-refractivity contribution in [1.82, 2.24) is 20.9 Å². The van der Waals surface area contributed by atoms with Crippen LogP contribution in [0.3, 0.4) is 0 Å². The molecule has 0 aromatic heterocycles. The van der Waals surface area contributed by atoms with E-state index in [4.69, 9.17) is 4.74 Å². The lowest BCUT2D eigenvalue weighted by Gasteiger charge is -2.33. The quantitative estimate of drug-likeness (QED) is 0.462. The molecule has 1 aliphatic rings. The highest BCUT2D eigenvalue weighted by Crippen LogP contribution is 2.19. The zero-order valence-corrected chi connectivity index (χ0v) is 22.9. The fraction of sp³-hybridized carbons (Fsp3) is 0.433. The molecule has 3 amide bonds. The van der Waals surface area contributed by atoms with Gasteiger partial charge in [-0.05, 0) is 17.5 Å². The van der Waals surface area contributed by atoms with Crippen LogP contribution in [0.1, 0.15) is 31.4 Å². The van der Waals surface area contributed by atoms with Crippen LogP contribution in [0.5, 0.6) is 5.75 Å². The Morgan fingerprint density at radius 2 is 1.77 bits per heavy atom. The minimum absolute atomic E-state index is 0.0280. The number of nitrogens with zero attached hydrogens (tertiary/aromatic N) is 1. The van der Waals surface area contributed by atoms with Gasteiger partial charge in [-0.15, -0.1) is 0 Å². The number of nitrogens with one attached hydrogen (secondary N) is 3. The third-order valence-electron chi connectivity index (χ3n) is 7.02. The van der Waals surface area contributed by atoms with E-state index in [9.17, 15) is 19.5 Å². The Hall–Kier alpha value is -3.69. The first-order chi connectivity index (χ1) is 18.8. The van der Waals surface area contributed by atoms with E-state index < -0.39 is 30.6 Å². The Morgan fingerprint density at radius 3 is 2.49 bits per heavy atom. The Morgan fingerprint density at radius 1 is 1.05 bits per heavy atom. The summed E-state index contributed by atoms with van der Waals surface area (Å²) in [5, 5.41) is 19.0. The predicted octanol–water partition coefficient (Wildman–Crippen LogP) is 1.76. The van der Waals surface area contributed by atoms with Crippen molar-refractivity contribution in [2.24, 2.45) is 5.92 Å². The van der Waals surface area contributed by atoms with Crippen LogP contribution >= 0.6 is 0 Å². The van der Waals surface area contributed by atoms with Crippen LogP contribution in [0.25, 0.3) is 6.08 Å². The lowest BCUT2D eigenvalue weighted by Crippen LogP contribution is -2.59. The van der Waals surface area contributed by atoms with Crippen LogP contribution < -0.4 is 20.7 Å². The molecule has 3 rings (SSSR count). The van der Waals surface area contributed by atoms with Gasteiger partial charge >= 0.3 is 0 Å². The molecule has 1 heterocycles. The molecule has 9 heteroatoms. The molecule has 0 saturated carbocycles. The number of amides is 3. The van der Waals surface area contributed by atoms with Gasteiger partial charge in [0.2, 0.25) is 17.7 Å². The maximum atomic E-state index is 13.5. The molecule has 210 valence electrons. The van der Waals surface area contributed by atoms with Gasteiger partial charge < -0.3 is 30.7 Å². The van der Waals surface area contributed by atoms with Crippen molar-refractivity contribution in [2.45, 2.75) is 44.8 Å². The largest absolute Gasteiger partial charge is 0.492 e. The fourth-order valence-electron chi connectivity index (χ4n) is 4.44. The van der Waals surface area contributed by atoms with Gasteiger partial charge in [0.05, 0.1) is 12.6 Å². The number of benzene rings is 2. The number of hydrogen-bond acceptors (Lipinski definition) is 6. The number of hydrogen-bond donors (Lipinski definition) is 4. The maximum absolute atomic E-state index is 13.5. The fourth-order valence-corrected chi connectivity index (χ4v) is 4.44. The molecule has 0 saturated heterocycles.